The number of likely N-dealkylation sites (N-methyl/N-ethyl adjacent to an activating group) is 1. The van der Waals surface area contributed by atoms with E-state index in [1.165, 1.54) is 6.07 Å². The number of anilines is 1. The number of nitrogens with one attached hydrogen (secondary N) is 1. The number of likely N-dealkylation sites (tertiary alicyclic amines) is 1. The van der Waals surface area contributed by atoms with Gasteiger partial charge in [-0.3, -0.25) is 14.7 Å². The summed E-state index contributed by atoms with van der Waals surface area (Å²) in [7, 11) is 3.50. The molecule has 7 nitrogen and oxygen atoms in total. The van der Waals surface area contributed by atoms with E-state index in [4.69, 9.17) is 0 Å². The number of pyridine rings is 1. The quantitative estimate of drug-likeness (QED) is 0.413. The van der Waals surface area contributed by atoms with Crippen LogP contribution < -0.4 is 10.2 Å². The van der Waals surface area contributed by atoms with Gasteiger partial charge in [0.2, 0.25) is 5.91 Å². The number of aromatic nitrogens is 2. The highest BCUT2D eigenvalue weighted by atomic mass is 19.4. The van der Waals surface area contributed by atoms with E-state index in [2.05, 4.69) is 10.3 Å². The fraction of sp³-hybridized carbons (Fsp3) is 0.433. The van der Waals surface area contributed by atoms with Crippen LogP contribution in [0.5, 0.6) is 0 Å². The van der Waals surface area contributed by atoms with E-state index in [1.54, 1.807) is 23.0 Å². The number of rotatable bonds is 6. The molecule has 0 unspecified atom stereocenters. The molecular weight excluding hydrogens is 555 g/mol. The highest BCUT2D eigenvalue weighted by molar-refractivity contribution is 5.89. The number of benzene rings is 1. The van der Waals surface area contributed by atoms with Gasteiger partial charge in [-0.25, -0.2) is 8.78 Å². The summed E-state index contributed by atoms with van der Waals surface area (Å²) < 4.78 is 69.5. The Morgan fingerprint density at radius 1 is 1.14 bits per heavy atom. The molecule has 2 aromatic heterocycles. The summed E-state index contributed by atoms with van der Waals surface area (Å²) in [6, 6.07) is 11.9. The topological polar surface area (TPSA) is 77.2 Å². The van der Waals surface area contributed by atoms with Crippen molar-refractivity contribution >= 4 is 11.6 Å². The van der Waals surface area contributed by atoms with Crippen molar-refractivity contribution in [2.45, 2.75) is 42.8 Å². The van der Waals surface area contributed by atoms with Crippen LogP contribution in [0.4, 0.5) is 27.6 Å². The predicted molar refractivity (Wildman–Crippen MR) is 147 cm³/mol. The maximum absolute atomic E-state index is 13.9. The van der Waals surface area contributed by atoms with E-state index >= 15 is 0 Å². The molecule has 0 spiro atoms. The number of hydrogen-bond acceptors (Lipinski definition) is 5. The first-order chi connectivity index (χ1) is 19.8. The van der Waals surface area contributed by atoms with Crippen molar-refractivity contribution in [1.82, 2.24) is 19.8 Å². The predicted octanol–water partition coefficient (Wildman–Crippen LogP) is 4.97. The molecule has 5 rings (SSSR count). The van der Waals surface area contributed by atoms with E-state index in [0.29, 0.717) is 11.3 Å². The van der Waals surface area contributed by atoms with Gasteiger partial charge in [-0.2, -0.15) is 18.4 Å². The molecule has 12 heteroatoms. The Bertz CT molecular complexity index is 1490. The Morgan fingerprint density at radius 3 is 2.43 bits per heavy atom. The van der Waals surface area contributed by atoms with E-state index < -0.39 is 29.1 Å². The van der Waals surface area contributed by atoms with Gasteiger partial charge in [-0.15, -0.1) is 0 Å². The number of alkyl halides is 5. The number of piperidine rings is 1. The average Bonchev–Trinajstić information content (AvgIpc) is 3.51. The minimum atomic E-state index is -4.57. The lowest BCUT2D eigenvalue weighted by molar-refractivity contribution is -0.137. The summed E-state index contributed by atoms with van der Waals surface area (Å²) >= 11 is 0. The van der Waals surface area contributed by atoms with E-state index in [-0.39, 0.29) is 56.9 Å². The van der Waals surface area contributed by atoms with Crippen molar-refractivity contribution in [3.05, 3.63) is 71.5 Å². The molecule has 1 N–H and O–H groups in total. The van der Waals surface area contributed by atoms with Crippen LogP contribution in [-0.2, 0) is 23.4 Å². The van der Waals surface area contributed by atoms with E-state index in [9.17, 15) is 32.0 Å². The Morgan fingerprint density at radius 2 is 1.88 bits per heavy atom. The number of halogens is 5. The van der Waals surface area contributed by atoms with Gasteiger partial charge >= 0.3 is 6.18 Å². The third-order valence-electron chi connectivity index (χ3n) is 8.50. The van der Waals surface area contributed by atoms with Crippen LogP contribution >= 0.6 is 0 Å². The monoisotopic (exact) mass is 586 g/mol. The van der Waals surface area contributed by atoms with Crippen LogP contribution in [0.25, 0.3) is 11.4 Å². The molecule has 4 heterocycles. The second kappa shape index (κ2) is 11.0. The second-order valence-corrected chi connectivity index (χ2v) is 11.2. The molecule has 2 fully saturated rings. The smallest absolute Gasteiger partial charge is 0.370 e. The van der Waals surface area contributed by atoms with Crippen LogP contribution in [0.3, 0.4) is 0 Å². The summed E-state index contributed by atoms with van der Waals surface area (Å²) in [5, 5.41) is 12.5. The van der Waals surface area contributed by atoms with Crippen LogP contribution in [0, 0.1) is 11.3 Å². The fourth-order valence-corrected chi connectivity index (χ4v) is 6.08. The fourth-order valence-electron chi connectivity index (χ4n) is 6.08. The number of nitriles is 1. The molecule has 0 saturated carbocycles. The first kappa shape index (κ1) is 29.5. The van der Waals surface area contributed by atoms with Crippen LogP contribution in [0.1, 0.15) is 36.0 Å². The third kappa shape index (κ3) is 5.70. The summed E-state index contributed by atoms with van der Waals surface area (Å²) in [5.74, 6) is -3.13. The molecule has 0 bridgehead atoms. The molecule has 1 amide bonds. The number of amides is 1. The molecule has 1 atom stereocenters. The van der Waals surface area contributed by atoms with Gasteiger partial charge in [0.05, 0.1) is 40.2 Å². The van der Waals surface area contributed by atoms with Crippen molar-refractivity contribution < 1.29 is 26.7 Å². The maximum Gasteiger partial charge on any atom is 0.416 e. The molecular formula is C30H31F5N6O. The summed E-state index contributed by atoms with van der Waals surface area (Å²) in [6.45, 7) is 0.262. The van der Waals surface area contributed by atoms with Gasteiger partial charge in [0.1, 0.15) is 6.07 Å². The maximum atomic E-state index is 13.9. The lowest BCUT2D eigenvalue weighted by atomic mass is 9.72. The van der Waals surface area contributed by atoms with Crippen molar-refractivity contribution in [3.8, 4) is 17.5 Å². The van der Waals surface area contributed by atoms with Crippen molar-refractivity contribution in [3.63, 3.8) is 0 Å². The van der Waals surface area contributed by atoms with E-state index in [1.807, 2.05) is 48.1 Å². The highest BCUT2D eigenvalue weighted by Crippen LogP contribution is 2.40. The van der Waals surface area contributed by atoms with Gasteiger partial charge in [-0.1, -0.05) is 6.07 Å². The SMILES string of the molecule is CN1CC(F)(F)C[C@H]1CNC(=O)C1(c2ccc(-c3cccn3C)nc2)CCN(c2ccc(C(F)(F)F)cc2C#N)CC1. The third-order valence-corrected chi connectivity index (χ3v) is 8.50. The van der Waals surface area contributed by atoms with Gasteiger partial charge in [0.15, 0.2) is 0 Å². The molecule has 2 saturated heterocycles. The minimum absolute atomic E-state index is 0.0583. The number of nitrogens with zero attached hydrogens (tertiary/aromatic N) is 5. The van der Waals surface area contributed by atoms with Crippen molar-refractivity contribution in [2.24, 2.45) is 7.05 Å². The zero-order valence-corrected chi connectivity index (χ0v) is 23.3. The molecule has 2 aliphatic rings. The van der Waals surface area contributed by atoms with E-state index in [0.717, 1.165) is 23.5 Å². The molecule has 0 radical (unpaired) electrons. The lowest BCUT2D eigenvalue weighted by Gasteiger charge is -2.42. The van der Waals surface area contributed by atoms with Crippen molar-refractivity contribution in [1.29, 1.82) is 5.26 Å². The van der Waals surface area contributed by atoms with Gasteiger partial charge < -0.3 is 14.8 Å². The standard InChI is InChI=1S/C30H31F5N6O/c1-39-11-3-4-26(39)24-7-5-22(17-37-24)28(27(42)38-18-23-15-29(31,32)19-40(23)2)9-12-41(13-10-28)25-8-6-21(30(33,34)35)14-20(25)16-36/h3-8,11,14,17,23H,9-10,12-13,15,18-19H2,1-2H3,(H,38,42)/t23-/m0/s1. The first-order valence-corrected chi connectivity index (χ1v) is 13.6. The number of hydrogen-bond donors (Lipinski definition) is 1. The molecule has 0 aliphatic carbocycles. The van der Waals surface area contributed by atoms with Gasteiger partial charge in [0, 0.05) is 51.5 Å². The molecule has 3 aromatic rings. The Labute approximate surface area is 240 Å². The Balaban J connectivity index is 1.41. The summed E-state index contributed by atoms with van der Waals surface area (Å²) in [4.78, 5) is 21.9. The number of carbonyl (C=O) groups excluding carboxylic acids is 1. The average molecular weight is 587 g/mol. The minimum Gasteiger partial charge on any atom is -0.370 e. The van der Waals surface area contributed by atoms with Gasteiger partial charge in [-0.05, 0) is 61.9 Å². The van der Waals surface area contributed by atoms with Gasteiger partial charge in [0.25, 0.3) is 5.92 Å². The van der Waals surface area contributed by atoms with Crippen molar-refractivity contribution in [2.75, 3.05) is 38.1 Å². The van der Waals surface area contributed by atoms with Crippen LogP contribution in [0.15, 0.2) is 54.9 Å². The zero-order chi connectivity index (χ0) is 30.3. The highest BCUT2D eigenvalue weighted by Gasteiger charge is 2.46. The zero-order valence-electron chi connectivity index (χ0n) is 23.3. The van der Waals surface area contributed by atoms with Crippen LogP contribution in [0.2, 0.25) is 0 Å². The molecule has 42 heavy (non-hydrogen) atoms. The molecule has 2 aliphatic heterocycles. The van der Waals surface area contributed by atoms with Crippen LogP contribution in [-0.4, -0.2) is 65.5 Å². The largest absolute Gasteiger partial charge is 0.416 e. The number of aryl methyl sites for hydroxylation is 1. The normalized spacial score (nSPS) is 20.3. The Hall–Kier alpha value is -3.98. The molecule has 222 valence electrons. The first-order valence-electron chi connectivity index (χ1n) is 13.6. The summed E-state index contributed by atoms with van der Waals surface area (Å²) in [5.41, 5.74) is 0.598. The second-order valence-electron chi connectivity index (χ2n) is 11.2. The molecule has 1 aromatic carbocycles. The summed E-state index contributed by atoms with van der Waals surface area (Å²) in [6.07, 6.45) is -0.793. The lowest BCUT2D eigenvalue weighted by Crippen LogP contribution is -2.53. The number of carbonyl (C=O) groups is 1. The Kier molecular flexibility index (Phi) is 7.74.